The van der Waals surface area contributed by atoms with Gasteiger partial charge in [0.05, 0.1) is 5.69 Å². The van der Waals surface area contributed by atoms with Gasteiger partial charge in [-0.2, -0.15) is 0 Å². The molecule has 124 valence electrons. The Labute approximate surface area is 145 Å². The molecule has 0 fully saturated rings. The van der Waals surface area contributed by atoms with Gasteiger partial charge < -0.3 is 24.8 Å². The maximum atomic E-state index is 11.2. The fraction of sp³-hybridized carbons (Fsp3) is 0.286. The van der Waals surface area contributed by atoms with E-state index in [1.54, 1.807) is 6.07 Å². The molecule has 1 aliphatic rings. The third-order valence-electron chi connectivity index (χ3n) is 2.72. The van der Waals surface area contributed by atoms with Gasteiger partial charge in [-0.25, -0.2) is 0 Å². The number of rotatable bonds is 6. The number of hydrogen-bond donors (Lipinski definition) is 4. The first-order valence-corrected chi connectivity index (χ1v) is 9.08. The molecule has 0 unspecified atom stereocenters. The molecule has 0 radical (unpaired) electrons. The van der Waals surface area contributed by atoms with E-state index in [2.05, 4.69) is 29.3 Å². The van der Waals surface area contributed by atoms with Crippen molar-refractivity contribution in [2.75, 3.05) is 30.8 Å². The molecule has 0 saturated heterocycles. The number of nitrogens with one attached hydrogen (secondary N) is 3. The summed E-state index contributed by atoms with van der Waals surface area (Å²) < 4.78 is 2.95. The average Bonchev–Trinajstić information content (AvgIpc) is 2.51. The largest absolute Gasteiger partial charge is 0.382 e. The zero-order valence-corrected chi connectivity index (χ0v) is 15.2. The molecule has 2 rings (SSSR count). The summed E-state index contributed by atoms with van der Waals surface area (Å²) in [6.45, 7) is 2.62. The predicted molar refractivity (Wildman–Crippen MR) is 102 cm³/mol. The van der Waals surface area contributed by atoms with E-state index < -0.39 is 0 Å². The molecule has 0 saturated carbocycles. The highest BCUT2D eigenvalue weighted by molar-refractivity contribution is 14.2. The first-order chi connectivity index (χ1) is 11.1. The average molecular weight is 429 g/mol. The molecular weight excluding hydrogens is 409 g/mol. The number of amides is 1. The van der Waals surface area contributed by atoms with Crippen molar-refractivity contribution in [1.29, 1.82) is 0 Å². The Bertz CT molecular complexity index is 657. The van der Waals surface area contributed by atoms with E-state index in [1.165, 1.54) is 6.92 Å². The van der Waals surface area contributed by atoms with Crippen LogP contribution in [0.1, 0.15) is 6.92 Å². The first-order valence-electron chi connectivity index (χ1n) is 7.04. The summed E-state index contributed by atoms with van der Waals surface area (Å²) in [5.41, 5.74) is 7.69. The molecule has 23 heavy (non-hydrogen) atoms. The molecule has 0 atom stereocenters. The number of carbonyl (C=O) groups excluding carboxylic acids is 1. The van der Waals surface area contributed by atoms with Crippen LogP contribution in [-0.4, -0.2) is 32.9 Å². The lowest BCUT2D eigenvalue weighted by Gasteiger charge is -2.13. The van der Waals surface area contributed by atoms with Crippen molar-refractivity contribution in [2.45, 2.75) is 6.92 Å². The van der Waals surface area contributed by atoms with Gasteiger partial charge in [-0.1, -0.05) is 0 Å². The minimum absolute atomic E-state index is 0.128. The predicted octanol–water partition coefficient (Wildman–Crippen LogP) is 2.08. The Hall–Kier alpha value is -2.01. The monoisotopic (exact) mass is 429 g/mol. The summed E-state index contributed by atoms with van der Waals surface area (Å²) >= 11 is -0.374. The molecule has 1 aliphatic heterocycles. The quantitative estimate of drug-likeness (QED) is 0.315. The van der Waals surface area contributed by atoms with Crippen molar-refractivity contribution < 1.29 is 4.79 Å². The van der Waals surface area contributed by atoms with Crippen molar-refractivity contribution >= 4 is 47.7 Å². The second-order valence-corrected chi connectivity index (χ2v) is 7.71. The van der Waals surface area contributed by atoms with Crippen molar-refractivity contribution in [1.82, 2.24) is 8.43 Å². The molecule has 1 heterocycles. The number of nitrogens with two attached hydrogens (primary N) is 1. The van der Waals surface area contributed by atoms with Gasteiger partial charge in [0, 0.05) is 66.2 Å². The van der Waals surface area contributed by atoms with Crippen molar-refractivity contribution in [2.24, 2.45) is 16.0 Å². The normalized spacial score (nSPS) is 14.0. The lowest BCUT2D eigenvalue weighted by Crippen LogP contribution is -2.18. The first kappa shape index (κ1) is 17.3. The van der Waals surface area contributed by atoms with Gasteiger partial charge in [0.1, 0.15) is 5.69 Å². The molecular formula is C14H20IN7O. The molecule has 0 spiro atoms. The number of anilines is 2. The second-order valence-electron chi connectivity index (χ2n) is 4.69. The molecule has 9 heteroatoms. The molecule has 0 bridgehead atoms. The Morgan fingerprint density at radius 3 is 2.96 bits per heavy atom. The zero-order chi connectivity index (χ0) is 16.7. The summed E-state index contributed by atoms with van der Waals surface area (Å²) in [6, 6.07) is 5.45. The van der Waals surface area contributed by atoms with E-state index in [9.17, 15) is 4.79 Å². The van der Waals surface area contributed by atoms with Gasteiger partial charge in [-0.05, 0) is 18.2 Å². The summed E-state index contributed by atoms with van der Waals surface area (Å²) in [4.78, 5) is 11.2. The summed E-state index contributed by atoms with van der Waals surface area (Å²) in [5, 5.41) is 17.7. The van der Waals surface area contributed by atoms with Gasteiger partial charge >= 0.3 is 0 Å². The highest BCUT2D eigenvalue weighted by atomic mass is 127. The smallest absolute Gasteiger partial charge is 0.221 e. The maximum Gasteiger partial charge on any atom is 0.221 e. The van der Waals surface area contributed by atoms with Crippen LogP contribution in [0.15, 0.2) is 40.8 Å². The highest BCUT2D eigenvalue weighted by Gasteiger charge is 2.06. The molecule has 1 aromatic rings. The Morgan fingerprint density at radius 2 is 2.26 bits per heavy atom. The van der Waals surface area contributed by atoms with Crippen LogP contribution in [0, 0.1) is 0 Å². The lowest BCUT2D eigenvalue weighted by atomic mass is 10.2. The van der Waals surface area contributed by atoms with Crippen LogP contribution in [0.4, 0.5) is 17.1 Å². The van der Waals surface area contributed by atoms with E-state index >= 15 is 0 Å². The fourth-order valence-corrected chi connectivity index (χ4v) is 3.35. The van der Waals surface area contributed by atoms with Gasteiger partial charge in [-0.15, -0.1) is 10.2 Å². The maximum absolute atomic E-state index is 11.2. The van der Waals surface area contributed by atoms with Crippen molar-refractivity contribution in [3.63, 3.8) is 0 Å². The van der Waals surface area contributed by atoms with Gasteiger partial charge in [0.2, 0.25) is 9.66 Å². The topological polar surface area (TPSA) is 107 Å². The highest BCUT2D eigenvalue weighted by Crippen LogP contribution is 2.29. The zero-order valence-electron chi connectivity index (χ0n) is 13.0. The molecule has 1 aromatic carbocycles. The summed E-state index contributed by atoms with van der Waals surface area (Å²) in [6.07, 6.45) is 3.80. The Balaban J connectivity index is 2.23. The third-order valence-corrected chi connectivity index (χ3v) is 4.79. The van der Waals surface area contributed by atoms with Gasteiger partial charge in [0.15, 0.2) is 0 Å². The number of hydrogen-bond acceptors (Lipinski definition) is 7. The van der Waals surface area contributed by atoms with Crippen molar-refractivity contribution in [3.05, 3.63) is 30.6 Å². The van der Waals surface area contributed by atoms with Crippen molar-refractivity contribution in [3.8, 4) is 0 Å². The van der Waals surface area contributed by atoms with Crippen LogP contribution in [0.25, 0.3) is 0 Å². The molecule has 0 aromatic heterocycles. The van der Waals surface area contributed by atoms with Crippen LogP contribution in [0.2, 0.25) is 0 Å². The summed E-state index contributed by atoms with van der Waals surface area (Å²) in [7, 11) is 2.01. The van der Waals surface area contributed by atoms with Crippen LogP contribution in [0.5, 0.6) is 0 Å². The lowest BCUT2D eigenvalue weighted by molar-refractivity contribution is -0.114. The van der Waals surface area contributed by atoms with Crippen LogP contribution < -0.4 is 21.7 Å². The summed E-state index contributed by atoms with van der Waals surface area (Å²) in [5.74, 6) is -0.128. The minimum Gasteiger partial charge on any atom is -0.382 e. The Kier molecular flexibility index (Phi) is 6.47. The third kappa shape index (κ3) is 5.60. The Morgan fingerprint density at radius 1 is 1.43 bits per heavy atom. The van der Waals surface area contributed by atoms with E-state index in [-0.39, 0.29) is 26.9 Å². The van der Waals surface area contributed by atoms with E-state index in [4.69, 9.17) is 5.73 Å². The minimum atomic E-state index is -0.374. The number of azo groups is 1. The molecule has 1 amide bonds. The number of benzene rings is 1. The SMILES string of the molecule is CC(=O)Nc1ccc(NCCN)c(N=NC2=IN(C)C=CN2)c1. The molecule has 5 N–H and O–H groups in total. The standard InChI is InChI=1S/C14H20IN7O/c1-10(23)19-11-3-4-12(17-6-5-16)13(9-11)20-21-14-15-22(2)8-7-18-14/h3-4,7-9,17-18H,5-6,16H2,1-2H3,(H,19,23). The van der Waals surface area contributed by atoms with Gasteiger partial charge in [-0.3, -0.25) is 4.79 Å². The van der Waals surface area contributed by atoms with E-state index in [0.717, 1.165) is 9.44 Å². The van der Waals surface area contributed by atoms with E-state index in [0.29, 0.717) is 24.5 Å². The fourth-order valence-electron chi connectivity index (χ4n) is 1.78. The van der Waals surface area contributed by atoms with Crippen LogP contribution >= 0.6 is 21.0 Å². The number of carbonyl (C=O) groups is 1. The number of nitrogens with zero attached hydrogens (tertiary/aromatic N) is 3. The van der Waals surface area contributed by atoms with Gasteiger partial charge in [0.25, 0.3) is 0 Å². The van der Waals surface area contributed by atoms with Crippen LogP contribution in [-0.2, 0) is 4.79 Å². The van der Waals surface area contributed by atoms with E-state index in [1.807, 2.05) is 31.6 Å². The second kappa shape index (κ2) is 8.58. The molecule has 8 nitrogen and oxygen atoms in total. The molecule has 0 aliphatic carbocycles. The van der Waals surface area contributed by atoms with Crippen LogP contribution in [0.3, 0.4) is 0 Å². The number of halogens is 1.